The summed E-state index contributed by atoms with van der Waals surface area (Å²) < 4.78 is 5.21. The van der Waals surface area contributed by atoms with Crippen molar-refractivity contribution in [2.75, 3.05) is 18.1 Å². The van der Waals surface area contributed by atoms with Gasteiger partial charge in [-0.15, -0.1) is 0 Å². The molecule has 0 aliphatic rings. The quantitative estimate of drug-likeness (QED) is 0.112. The van der Waals surface area contributed by atoms with Gasteiger partial charge in [0.2, 0.25) is 0 Å². The standard InChI is InChI=1S/C24H44O4S/c1-2-3-4-5-6-7-8-9-10-11-12-13-14-15-16-17-20-28-24(27)19-22-29-21-18-23(25)26/h9-10H,2-8,11-22H2,1H3,(H,25,26)/b10-9-. The highest BCUT2D eigenvalue weighted by atomic mass is 32.2. The van der Waals surface area contributed by atoms with Gasteiger partial charge in [-0.05, 0) is 32.1 Å². The number of hydrogen-bond donors (Lipinski definition) is 1. The number of carbonyl (C=O) groups is 2. The van der Waals surface area contributed by atoms with Crippen LogP contribution < -0.4 is 0 Å². The Morgan fingerprint density at radius 2 is 1.28 bits per heavy atom. The van der Waals surface area contributed by atoms with E-state index < -0.39 is 5.97 Å². The summed E-state index contributed by atoms with van der Waals surface area (Å²) in [6, 6.07) is 0. The van der Waals surface area contributed by atoms with Gasteiger partial charge < -0.3 is 9.84 Å². The summed E-state index contributed by atoms with van der Waals surface area (Å²) in [5.41, 5.74) is 0. The lowest BCUT2D eigenvalue weighted by atomic mass is 10.1. The number of carboxylic acids is 1. The van der Waals surface area contributed by atoms with E-state index in [4.69, 9.17) is 9.84 Å². The zero-order valence-corrected chi connectivity index (χ0v) is 19.5. The van der Waals surface area contributed by atoms with E-state index in [9.17, 15) is 9.59 Å². The number of esters is 1. The third kappa shape index (κ3) is 25.0. The SMILES string of the molecule is CCCCCCCC/C=C\CCCCCCCCOC(=O)CCSCCC(=O)O. The van der Waals surface area contributed by atoms with Gasteiger partial charge in [0.15, 0.2) is 0 Å². The molecule has 0 amide bonds. The summed E-state index contributed by atoms with van der Waals surface area (Å²) >= 11 is 1.49. The fourth-order valence-corrected chi connectivity index (χ4v) is 3.86. The van der Waals surface area contributed by atoms with E-state index in [2.05, 4.69) is 19.1 Å². The molecule has 0 rings (SSSR count). The normalized spacial score (nSPS) is 11.2. The van der Waals surface area contributed by atoms with E-state index in [0.717, 1.165) is 12.8 Å². The van der Waals surface area contributed by atoms with Crippen molar-refractivity contribution < 1.29 is 19.4 Å². The monoisotopic (exact) mass is 428 g/mol. The van der Waals surface area contributed by atoms with Crippen molar-refractivity contribution in [2.45, 2.75) is 110 Å². The second-order valence-electron chi connectivity index (χ2n) is 7.66. The van der Waals surface area contributed by atoms with Crippen LogP contribution in [0.1, 0.15) is 110 Å². The van der Waals surface area contributed by atoms with E-state index in [0.29, 0.717) is 24.5 Å². The van der Waals surface area contributed by atoms with Crippen LogP contribution in [0.4, 0.5) is 0 Å². The highest BCUT2D eigenvalue weighted by Crippen LogP contribution is 2.10. The molecule has 0 atom stereocenters. The number of rotatable bonds is 22. The van der Waals surface area contributed by atoms with Crippen LogP contribution in [0, 0.1) is 0 Å². The zero-order chi connectivity index (χ0) is 21.4. The van der Waals surface area contributed by atoms with Gasteiger partial charge in [-0.2, -0.15) is 11.8 Å². The number of hydrogen-bond acceptors (Lipinski definition) is 4. The molecule has 0 aromatic rings. The Morgan fingerprint density at radius 1 is 0.759 bits per heavy atom. The molecule has 0 heterocycles. The minimum Gasteiger partial charge on any atom is -0.481 e. The third-order valence-electron chi connectivity index (χ3n) is 4.83. The number of unbranched alkanes of at least 4 members (excludes halogenated alkanes) is 12. The number of allylic oxidation sites excluding steroid dienone is 2. The van der Waals surface area contributed by atoms with E-state index in [1.807, 2.05) is 0 Å². The molecule has 0 unspecified atom stereocenters. The number of carboxylic acid groups (broad SMARTS) is 1. The minimum atomic E-state index is -0.792. The second kappa shape index (κ2) is 23.3. The Labute approximate surface area is 183 Å². The van der Waals surface area contributed by atoms with Crippen molar-refractivity contribution in [1.29, 1.82) is 0 Å². The van der Waals surface area contributed by atoms with Gasteiger partial charge in [-0.1, -0.05) is 76.9 Å². The summed E-state index contributed by atoms with van der Waals surface area (Å²) in [5, 5.41) is 8.53. The highest BCUT2D eigenvalue weighted by Gasteiger charge is 2.03. The molecule has 0 aliphatic carbocycles. The van der Waals surface area contributed by atoms with Gasteiger partial charge in [0.1, 0.15) is 0 Å². The van der Waals surface area contributed by atoms with Gasteiger partial charge in [-0.25, -0.2) is 0 Å². The second-order valence-corrected chi connectivity index (χ2v) is 8.89. The first-order valence-electron chi connectivity index (χ1n) is 11.8. The van der Waals surface area contributed by atoms with Crippen LogP contribution >= 0.6 is 11.8 Å². The number of aliphatic carboxylic acids is 1. The van der Waals surface area contributed by atoms with Gasteiger partial charge >= 0.3 is 11.9 Å². The molecule has 0 spiro atoms. The topological polar surface area (TPSA) is 63.6 Å². The molecule has 0 aliphatic heterocycles. The maximum atomic E-state index is 11.5. The van der Waals surface area contributed by atoms with Crippen LogP contribution in [0.3, 0.4) is 0 Å². The van der Waals surface area contributed by atoms with Crippen molar-refractivity contribution in [3.05, 3.63) is 12.2 Å². The predicted molar refractivity (Wildman–Crippen MR) is 125 cm³/mol. The lowest BCUT2D eigenvalue weighted by molar-refractivity contribution is -0.143. The van der Waals surface area contributed by atoms with Gasteiger partial charge in [0.25, 0.3) is 0 Å². The zero-order valence-electron chi connectivity index (χ0n) is 18.7. The van der Waals surface area contributed by atoms with Crippen molar-refractivity contribution in [1.82, 2.24) is 0 Å². The van der Waals surface area contributed by atoms with Crippen LogP contribution in [0.5, 0.6) is 0 Å². The summed E-state index contributed by atoms with van der Waals surface area (Å²) in [7, 11) is 0. The lowest BCUT2D eigenvalue weighted by Gasteiger charge is -2.05. The molecule has 0 radical (unpaired) electrons. The summed E-state index contributed by atoms with van der Waals surface area (Å²) in [4.78, 5) is 21.9. The molecule has 0 saturated carbocycles. The van der Waals surface area contributed by atoms with E-state index >= 15 is 0 Å². The Bertz CT molecular complexity index is 410. The number of ether oxygens (including phenoxy) is 1. The van der Waals surface area contributed by atoms with Gasteiger partial charge in [0, 0.05) is 11.5 Å². The fraction of sp³-hybridized carbons (Fsp3) is 0.833. The van der Waals surface area contributed by atoms with Crippen molar-refractivity contribution in [2.24, 2.45) is 0 Å². The summed E-state index contributed by atoms with van der Waals surface area (Å²) in [6.07, 6.45) is 23.0. The molecule has 0 aromatic carbocycles. The molecule has 4 nitrogen and oxygen atoms in total. The van der Waals surface area contributed by atoms with Crippen molar-refractivity contribution in [3.63, 3.8) is 0 Å². The van der Waals surface area contributed by atoms with Crippen LogP contribution in [0.2, 0.25) is 0 Å². The Balaban J connectivity index is 3.20. The molecule has 0 aromatic heterocycles. The smallest absolute Gasteiger partial charge is 0.306 e. The van der Waals surface area contributed by atoms with Crippen molar-refractivity contribution in [3.8, 4) is 0 Å². The van der Waals surface area contributed by atoms with Crippen molar-refractivity contribution >= 4 is 23.7 Å². The third-order valence-corrected chi connectivity index (χ3v) is 5.82. The van der Waals surface area contributed by atoms with Crippen LogP contribution in [-0.4, -0.2) is 35.2 Å². The average molecular weight is 429 g/mol. The first kappa shape index (κ1) is 28.0. The molecule has 29 heavy (non-hydrogen) atoms. The van der Waals surface area contributed by atoms with Gasteiger partial charge in [-0.3, -0.25) is 9.59 Å². The maximum Gasteiger partial charge on any atom is 0.306 e. The Hall–Kier alpha value is -0.970. The van der Waals surface area contributed by atoms with E-state index in [-0.39, 0.29) is 12.4 Å². The lowest BCUT2D eigenvalue weighted by Crippen LogP contribution is -2.07. The van der Waals surface area contributed by atoms with Crippen LogP contribution in [-0.2, 0) is 14.3 Å². The van der Waals surface area contributed by atoms with Crippen LogP contribution in [0.15, 0.2) is 12.2 Å². The molecule has 0 bridgehead atoms. The summed E-state index contributed by atoms with van der Waals surface area (Å²) in [6.45, 7) is 2.78. The maximum absolute atomic E-state index is 11.5. The van der Waals surface area contributed by atoms with Gasteiger partial charge in [0.05, 0.1) is 19.4 Å². The van der Waals surface area contributed by atoms with E-state index in [1.54, 1.807) is 0 Å². The molecule has 5 heteroatoms. The molecule has 1 N–H and O–H groups in total. The summed E-state index contributed by atoms with van der Waals surface area (Å²) in [5.74, 6) is 0.234. The van der Waals surface area contributed by atoms with Crippen LogP contribution in [0.25, 0.3) is 0 Å². The Morgan fingerprint density at radius 3 is 1.86 bits per heavy atom. The molecular weight excluding hydrogens is 384 g/mol. The predicted octanol–water partition coefficient (Wildman–Crippen LogP) is 7.17. The average Bonchev–Trinajstić information content (AvgIpc) is 2.69. The Kier molecular flexibility index (Phi) is 22.5. The minimum absolute atomic E-state index is 0.148. The fourth-order valence-electron chi connectivity index (χ4n) is 3.02. The molecular formula is C24H44O4S. The first-order valence-corrected chi connectivity index (χ1v) is 12.9. The first-order chi connectivity index (χ1) is 14.2. The number of thioether (sulfide) groups is 1. The molecule has 0 saturated heterocycles. The largest absolute Gasteiger partial charge is 0.481 e. The molecule has 0 fully saturated rings. The highest BCUT2D eigenvalue weighted by molar-refractivity contribution is 7.99. The molecule has 170 valence electrons. The van der Waals surface area contributed by atoms with E-state index in [1.165, 1.54) is 88.8 Å². The number of carbonyl (C=O) groups excluding carboxylic acids is 1.